The molecule has 1 unspecified atom stereocenters. The number of alkyl halides is 1. The smallest absolute Gasteiger partial charge is 0.253 e. The average molecular weight is 224 g/mol. The maximum atomic E-state index is 12.0. The molecule has 1 aromatic rings. The van der Waals surface area contributed by atoms with Gasteiger partial charge in [-0.1, -0.05) is 18.2 Å². The third-order valence-electron chi connectivity index (χ3n) is 2.81. The van der Waals surface area contributed by atoms with Crippen LogP contribution in [0.15, 0.2) is 30.3 Å². The molecule has 2 nitrogen and oxygen atoms in total. The summed E-state index contributed by atoms with van der Waals surface area (Å²) in [6.45, 7) is 1.64. The fourth-order valence-corrected chi connectivity index (χ4v) is 2.16. The number of halogens is 1. The molecular formula is C12H14ClNO. The number of rotatable bonds is 2. The van der Waals surface area contributed by atoms with Crippen LogP contribution in [0.25, 0.3) is 0 Å². The van der Waals surface area contributed by atoms with Crippen molar-refractivity contribution in [2.24, 2.45) is 5.92 Å². The van der Waals surface area contributed by atoms with Crippen LogP contribution in [0, 0.1) is 5.92 Å². The molecule has 1 aromatic carbocycles. The van der Waals surface area contributed by atoms with Crippen molar-refractivity contribution >= 4 is 17.5 Å². The Kier molecular flexibility index (Phi) is 3.27. The van der Waals surface area contributed by atoms with Gasteiger partial charge in [-0.15, -0.1) is 11.6 Å². The van der Waals surface area contributed by atoms with Gasteiger partial charge >= 0.3 is 0 Å². The third-order valence-corrected chi connectivity index (χ3v) is 3.25. The number of hydrogen-bond donors (Lipinski definition) is 0. The second-order valence-electron chi connectivity index (χ2n) is 3.93. The highest BCUT2D eigenvalue weighted by atomic mass is 35.5. The van der Waals surface area contributed by atoms with Crippen molar-refractivity contribution in [1.29, 1.82) is 0 Å². The predicted octanol–water partition coefficient (Wildman–Crippen LogP) is 2.39. The number of amides is 1. The fraction of sp³-hybridized carbons (Fsp3) is 0.417. The summed E-state index contributed by atoms with van der Waals surface area (Å²) >= 11 is 5.79. The molecule has 1 aliphatic heterocycles. The van der Waals surface area contributed by atoms with Crippen molar-refractivity contribution < 1.29 is 4.79 Å². The van der Waals surface area contributed by atoms with Gasteiger partial charge in [-0.05, 0) is 24.5 Å². The number of nitrogens with zero attached hydrogens (tertiary/aromatic N) is 1. The molecular weight excluding hydrogens is 210 g/mol. The second-order valence-corrected chi connectivity index (χ2v) is 4.23. The Morgan fingerprint density at radius 2 is 2.13 bits per heavy atom. The van der Waals surface area contributed by atoms with Gasteiger partial charge in [-0.3, -0.25) is 4.79 Å². The monoisotopic (exact) mass is 223 g/mol. The van der Waals surface area contributed by atoms with Crippen LogP contribution in [0.3, 0.4) is 0 Å². The molecule has 0 N–H and O–H groups in total. The average Bonchev–Trinajstić information content (AvgIpc) is 2.78. The highest BCUT2D eigenvalue weighted by molar-refractivity contribution is 6.18. The Balaban J connectivity index is 2.04. The van der Waals surface area contributed by atoms with Gasteiger partial charge in [0.15, 0.2) is 0 Å². The normalized spacial score (nSPS) is 20.6. The first-order valence-electron chi connectivity index (χ1n) is 5.21. The summed E-state index contributed by atoms with van der Waals surface area (Å²) in [5, 5.41) is 0. The maximum absolute atomic E-state index is 12.0. The molecule has 1 amide bonds. The largest absolute Gasteiger partial charge is 0.338 e. The van der Waals surface area contributed by atoms with Gasteiger partial charge in [0.25, 0.3) is 5.91 Å². The molecule has 2 rings (SSSR count). The van der Waals surface area contributed by atoms with E-state index in [0.29, 0.717) is 11.8 Å². The topological polar surface area (TPSA) is 20.3 Å². The van der Waals surface area contributed by atoms with E-state index in [4.69, 9.17) is 11.6 Å². The first-order chi connectivity index (χ1) is 7.31. The molecule has 0 aliphatic carbocycles. The zero-order valence-electron chi connectivity index (χ0n) is 8.53. The molecule has 0 saturated carbocycles. The molecule has 0 radical (unpaired) electrons. The molecule has 0 bridgehead atoms. The zero-order chi connectivity index (χ0) is 10.7. The number of hydrogen-bond acceptors (Lipinski definition) is 1. The number of carbonyl (C=O) groups excluding carboxylic acids is 1. The summed E-state index contributed by atoms with van der Waals surface area (Å²) in [7, 11) is 0. The molecule has 3 heteroatoms. The lowest BCUT2D eigenvalue weighted by Crippen LogP contribution is -2.28. The minimum absolute atomic E-state index is 0.128. The number of likely N-dealkylation sites (tertiary alicyclic amines) is 1. The van der Waals surface area contributed by atoms with Gasteiger partial charge in [0.1, 0.15) is 0 Å². The summed E-state index contributed by atoms with van der Waals surface area (Å²) in [4.78, 5) is 13.9. The molecule has 80 valence electrons. The Morgan fingerprint density at radius 1 is 1.40 bits per heavy atom. The van der Waals surface area contributed by atoms with Crippen molar-refractivity contribution in [1.82, 2.24) is 4.90 Å². The van der Waals surface area contributed by atoms with E-state index >= 15 is 0 Å². The van der Waals surface area contributed by atoms with Gasteiger partial charge in [-0.2, -0.15) is 0 Å². The number of benzene rings is 1. The van der Waals surface area contributed by atoms with Gasteiger partial charge in [-0.25, -0.2) is 0 Å². The minimum atomic E-state index is 0.128. The number of carbonyl (C=O) groups is 1. The van der Waals surface area contributed by atoms with Crippen LogP contribution in [0.2, 0.25) is 0 Å². The van der Waals surface area contributed by atoms with Crippen LogP contribution < -0.4 is 0 Å². The van der Waals surface area contributed by atoms with Crippen LogP contribution in [-0.4, -0.2) is 29.8 Å². The Morgan fingerprint density at radius 3 is 2.73 bits per heavy atom. The lowest BCUT2D eigenvalue weighted by atomic mass is 10.1. The van der Waals surface area contributed by atoms with Crippen LogP contribution in [0.5, 0.6) is 0 Å². The summed E-state index contributed by atoms with van der Waals surface area (Å²) < 4.78 is 0. The molecule has 1 saturated heterocycles. The van der Waals surface area contributed by atoms with Crippen LogP contribution in [-0.2, 0) is 0 Å². The summed E-state index contributed by atoms with van der Waals surface area (Å²) in [6, 6.07) is 9.42. The lowest BCUT2D eigenvalue weighted by molar-refractivity contribution is 0.0788. The predicted molar refractivity (Wildman–Crippen MR) is 61.2 cm³/mol. The van der Waals surface area contributed by atoms with Crippen molar-refractivity contribution in [3.8, 4) is 0 Å². The first kappa shape index (κ1) is 10.5. The molecule has 0 aromatic heterocycles. The first-order valence-corrected chi connectivity index (χ1v) is 5.75. The van der Waals surface area contributed by atoms with Crippen LogP contribution in [0.4, 0.5) is 0 Å². The van der Waals surface area contributed by atoms with E-state index in [1.165, 1.54) is 0 Å². The maximum Gasteiger partial charge on any atom is 0.253 e. The van der Waals surface area contributed by atoms with Crippen molar-refractivity contribution in [3.63, 3.8) is 0 Å². The van der Waals surface area contributed by atoms with Gasteiger partial charge in [0.2, 0.25) is 0 Å². The summed E-state index contributed by atoms with van der Waals surface area (Å²) in [5.41, 5.74) is 0.771. The molecule has 15 heavy (non-hydrogen) atoms. The van der Waals surface area contributed by atoms with Gasteiger partial charge < -0.3 is 4.90 Å². The Bertz CT molecular complexity index is 339. The van der Waals surface area contributed by atoms with Gasteiger partial charge in [0, 0.05) is 24.5 Å². The molecule has 0 spiro atoms. The van der Waals surface area contributed by atoms with E-state index in [1.54, 1.807) is 0 Å². The van der Waals surface area contributed by atoms with E-state index in [-0.39, 0.29) is 5.91 Å². The van der Waals surface area contributed by atoms with Crippen molar-refractivity contribution in [2.45, 2.75) is 6.42 Å². The van der Waals surface area contributed by atoms with Crippen molar-refractivity contribution in [3.05, 3.63) is 35.9 Å². The van der Waals surface area contributed by atoms with Gasteiger partial charge in [0.05, 0.1) is 0 Å². The molecule has 1 fully saturated rings. The Labute approximate surface area is 94.8 Å². The fourth-order valence-electron chi connectivity index (χ4n) is 1.91. The van der Waals surface area contributed by atoms with Crippen LogP contribution in [0.1, 0.15) is 16.8 Å². The Hall–Kier alpha value is -1.02. The van der Waals surface area contributed by atoms with E-state index in [1.807, 2.05) is 35.2 Å². The van der Waals surface area contributed by atoms with E-state index in [9.17, 15) is 4.79 Å². The zero-order valence-corrected chi connectivity index (χ0v) is 9.28. The van der Waals surface area contributed by atoms with Crippen molar-refractivity contribution in [2.75, 3.05) is 19.0 Å². The molecule has 1 heterocycles. The van der Waals surface area contributed by atoms with E-state index < -0.39 is 0 Å². The quantitative estimate of drug-likeness (QED) is 0.705. The third kappa shape index (κ3) is 2.32. The SMILES string of the molecule is O=C(c1ccccc1)N1CCC(CCl)C1. The highest BCUT2D eigenvalue weighted by Gasteiger charge is 2.25. The summed E-state index contributed by atoms with van der Waals surface area (Å²) in [6.07, 6.45) is 1.03. The second kappa shape index (κ2) is 4.67. The van der Waals surface area contributed by atoms with E-state index in [0.717, 1.165) is 25.1 Å². The summed E-state index contributed by atoms with van der Waals surface area (Å²) in [5.74, 6) is 1.25. The van der Waals surface area contributed by atoms with Crippen LogP contribution >= 0.6 is 11.6 Å². The lowest BCUT2D eigenvalue weighted by Gasteiger charge is -2.15. The highest BCUT2D eigenvalue weighted by Crippen LogP contribution is 2.19. The molecule has 1 atom stereocenters. The molecule has 1 aliphatic rings. The minimum Gasteiger partial charge on any atom is -0.338 e. The van der Waals surface area contributed by atoms with E-state index in [2.05, 4.69) is 0 Å². The standard InChI is InChI=1S/C12H14ClNO/c13-8-10-6-7-14(9-10)12(15)11-4-2-1-3-5-11/h1-5,10H,6-9H2.